The molecule has 52 valence electrons. The van der Waals surface area contributed by atoms with E-state index in [4.69, 9.17) is 0 Å². The summed E-state index contributed by atoms with van der Waals surface area (Å²) in [7, 11) is 0. The first-order chi connectivity index (χ1) is 0. The third-order valence-electron chi connectivity index (χ3n) is 0. The maximum absolute atomic E-state index is 0. The minimum Gasteiger partial charge on any atom is 0 e. The second-order valence-electron chi connectivity index (χ2n) is 0. The van der Waals surface area contributed by atoms with Crippen LogP contribution in [0.3, 0.4) is 0 Å². The van der Waals surface area contributed by atoms with E-state index >= 15 is 0 Å². The van der Waals surface area contributed by atoms with E-state index in [-0.39, 0.29) is 120 Å². The molecule has 0 rings (SSSR count). The molecule has 0 heterocycles. The van der Waals surface area contributed by atoms with Gasteiger partial charge in [0.05, 0.1) is 0 Å². The summed E-state index contributed by atoms with van der Waals surface area (Å²) in [5.41, 5.74) is 0. The maximum Gasteiger partial charge on any atom is 0 e. The van der Waals surface area contributed by atoms with Gasteiger partial charge in [0, 0.05) is 120 Å². The molecule has 0 aromatic carbocycles. The minimum atomic E-state index is 0. The fourth-order valence-corrected chi connectivity index (χ4v) is 0. The SMILES string of the molecule is [Er].[Hf].[Lu].[Md].[Ru]. The van der Waals surface area contributed by atoms with Gasteiger partial charge in [-0.2, -0.15) is 0 Å². The summed E-state index contributed by atoms with van der Waals surface area (Å²) in [6, 6.07) is 0. The van der Waals surface area contributed by atoms with Crippen LogP contribution in [0.2, 0.25) is 0 Å². The first kappa shape index (κ1) is 43.8. The second-order valence-corrected chi connectivity index (χ2v) is 0. The van der Waals surface area contributed by atoms with E-state index in [1.54, 1.807) is 0 Å². The Balaban J connectivity index is 0. The molecule has 0 N–H and O–H groups in total. The van der Waals surface area contributed by atoms with E-state index in [1.165, 1.54) is 0 Å². The van der Waals surface area contributed by atoms with Gasteiger partial charge in [-0.15, -0.1) is 0 Å². The van der Waals surface area contributed by atoms with Gasteiger partial charge in [-0.1, -0.05) is 0 Å². The van der Waals surface area contributed by atoms with Crippen LogP contribution in [0.25, 0.3) is 0 Å². The molecule has 0 saturated heterocycles. The van der Waals surface area contributed by atoms with Crippen LogP contribution in [0.4, 0.5) is 0 Å². The van der Waals surface area contributed by atoms with Gasteiger partial charge in [0.2, 0.25) is 0 Å². The largest absolute Gasteiger partial charge is 0 e. The molecule has 0 amide bonds. The summed E-state index contributed by atoms with van der Waals surface area (Å²) in [5, 5.41) is 0. The van der Waals surface area contributed by atoms with Crippen LogP contribution in [0, 0.1) is 74.2 Å². The third-order valence-corrected chi connectivity index (χ3v) is 0. The van der Waals surface area contributed by atoms with Gasteiger partial charge in [-0.05, 0) is 0 Å². The van der Waals surface area contributed by atoms with Crippen LogP contribution in [-0.2, 0) is 45.3 Å². The smallest absolute Gasteiger partial charge is 0 e. The average molecular weight is 880 g/mol. The van der Waals surface area contributed by atoms with Gasteiger partial charge >= 0.3 is 0 Å². The van der Waals surface area contributed by atoms with E-state index in [0.717, 1.165) is 0 Å². The molecule has 0 aromatic heterocycles. The summed E-state index contributed by atoms with van der Waals surface area (Å²) in [6.45, 7) is 0. The summed E-state index contributed by atoms with van der Waals surface area (Å²) in [6.07, 6.45) is 0. The Bertz CT molecular complexity index is 11.6. The summed E-state index contributed by atoms with van der Waals surface area (Å²) < 4.78 is 0. The Hall–Kier alpha value is 2.97. The Morgan fingerprint density at radius 2 is 1.00 bits per heavy atom. The fourth-order valence-electron chi connectivity index (χ4n) is 0. The van der Waals surface area contributed by atoms with Crippen LogP contribution < -0.4 is 0 Å². The molecule has 0 aromatic rings. The Kier molecular flexibility index (Phi) is 247. The molecule has 2 radical (unpaired) electrons. The molecule has 5 heteroatoms. The van der Waals surface area contributed by atoms with Crippen LogP contribution in [0.1, 0.15) is 0 Å². The number of hydrogen-bond donors (Lipinski definition) is 0. The predicted molar refractivity (Wildman–Crippen MR) is 0 cm³/mol. The Labute approximate surface area is 116 Å². The molecule has 0 fully saturated rings. The number of rotatable bonds is 0. The first-order valence-electron chi connectivity index (χ1n) is 0. The Morgan fingerprint density at radius 1 is 1.00 bits per heavy atom. The molecule has 0 atom stereocenters. The zero-order chi connectivity index (χ0) is 0. The van der Waals surface area contributed by atoms with Gasteiger partial charge in [-0.3, -0.25) is 0 Å². The van der Waals surface area contributed by atoms with E-state index in [1.807, 2.05) is 0 Å². The van der Waals surface area contributed by atoms with Gasteiger partial charge in [0.25, 0.3) is 0 Å². The summed E-state index contributed by atoms with van der Waals surface area (Å²) >= 11 is 0. The van der Waals surface area contributed by atoms with Crippen LogP contribution in [-0.4, -0.2) is 0 Å². The standard InChI is InChI=1S/Er.Hf.Lu.Md.Ru. The predicted octanol–water partition coefficient (Wildman–Crippen LogP) is -0.00500. The van der Waals surface area contributed by atoms with E-state index in [2.05, 4.69) is 0 Å². The van der Waals surface area contributed by atoms with Crippen molar-refractivity contribution in [2.45, 2.75) is 0 Å². The van der Waals surface area contributed by atoms with Crippen molar-refractivity contribution in [2.75, 3.05) is 0 Å². The normalized spacial score (nSPS) is 0. The molecule has 0 aliphatic rings. The summed E-state index contributed by atoms with van der Waals surface area (Å²) in [4.78, 5) is 0. The van der Waals surface area contributed by atoms with Crippen molar-refractivity contribution in [1.29, 1.82) is 0 Å². The monoisotopic (exact) mass is 881 g/mol. The molecule has 0 aliphatic heterocycles. The van der Waals surface area contributed by atoms with Gasteiger partial charge < -0.3 is 0 Å². The van der Waals surface area contributed by atoms with Crippen molar-refractivity contribution in [2.24, 2.45) is 0 Å². The van der Waals surface area contributed by atoms with Gasteiger partial charge in [-0.25, -0.2) is 0 Å². The third kappa shape index (κ3) is 19.5. The van der Waals surface area contributed by atoms with E-state index in [9.17, 15) is 0 Å². The van der Waals surface area contributed by atoms with E-state index in [0.29, 0.717) is 0 Å². The zero-order valence-corrected chi connectivity index (χ0v) is 12.8. The molecule has 0 bridgehead atoms. The molecular formula is ErHfLuMdRu. The van der Waals surface area contributed by atoms with Crippen molar-refractivity contribution >= 4 is 0 Å². The van der Waals surface area contributed by atoms with Gasteiger partial charge in [0.1, 0.15) is 0 Å². The van der Waals surface area contributed by atoms with Gasteiger partial charge in [0.15, 0.2) is 0 Å². The Morgan fingerprint density at radius 3 is 1.00 bits per heavy atom. The molecule has 0 spiro atoms. The van der Waals surface area contributed by atoms with Crippen molar-refractivity contribution in [3.05, 3.63) is 0 Å². The maximum atomic E-state index is 0. The molecular weight excluding hydrogens is 880 g/mol. The molecule has 5 heavy (non-hydrogen) atoms. The molecule has 0 saturated carbocycles. The zero-order valence-electron chi connectivity index (χ0n) is 1.68. The molecule has 0 aliphatic carbocycles. The van der Waals surface area contributed by atoms with Crippen molar-refractivity contribution in [1.82, 2.24) is 0 Å². The topological polar surface area (TPSA) is 0 Å². The number of hydrogen-bond acceptors (Lipinski definition) is 0. The van der Waals surface area contributed by atoms with Crippen LogP contribution in [0.15, 0.2) is 0 Å². The van der Waals surface area contributed by atoms with Crippen molar-refractivity contribution < 1.29 is 120 Å². The van der Waals surface area contributed by atoms with E-state index < -0.39 is 0 Å². The fraction of sp³-hybridized carbons (Fsp3) is 0. The quantitative estimate of drug-likeness (QED) is 0.301. The van der Waals surface area contributed by atoms with Crippen LogP contribution in [0.5, 0.6) is 0 Å². The first-order valence-corrected chi connectivity index (χ1v) is 0. The van der Waals surface area contributed by atoms with Crippen LogP contribution >= 0.6 is 0 Å². The second kappa shape index (κ2) is 28.1. The van der Waals surface area contributed by atoms with Crippen molar-refractivity contribution in [3.8, 4) is 0 Å². The average Bonchev–Trinajstić information content (AvgIpc) is 0. The summed E-state index contributed by atoms with van der Waals surface area (Å²) in [5.74, 6) is 0. The molecule has 0 unspecified atom stereocenters. The van der Waals surface area contributed by atoms with Crippen molar-refractivity contribution in [3.63, 3.8) is 0 Å². The molecule has 0 nitrogen and oxygen atoms in total. The minimum absolute atomic E-state index is 0.